The zero-order valence-corrected chi connectivity index (χ0v) is 22.4. The first-order valence-electron chi connectivity index (χ1n) is 12.5. The van der Waals surface area contributed by atoms with Gasteiger partial charge in [-0.1, -0.05) is 30.3 Å². The molecule has 0 unspecified atom stereocenters. The maximum absolute atomic E-state index is 12.7. The Hall–Kier alpha value is -4.23. The Balaban J connectivity index is 1.30. The zero-order chi connectivity index (χ0) is 26.5. The smallest absolute Gasteiger partial charge is 0.264 e. The fourth-order valence-electron chi connectivity index (χ4n) is 4.29. The normalized spacial score (nSPS) is 15.2. The van der Waals surface area contributed by atoms with Gasteiger partial charge >= 0.3 is 0 Å². The average Bonchev–Trinajstić information content (AvgIpc) is 3.41. The number of hydrogen-bond acceptors (Lipinski definition) is 5. The van der Waals surface area contributed by atoms with Crippen molar-refractivity contribution in [1.82, 2.24) is 9.88 Å². The first-order chi connectivity index (χ1) is 18.5. The quantitative estimate of drug-likeness (QED) is 0.254. The summed E-state index contributed by atoms with van der Waals surface area (Å²) in [6.45, 7) is 7.22. The summed E-state index contributed by atoms with van der Waals surface area (Å²) in [7, 11) is 0. The van der Waals surface area contributed by atoms with E-state index in [2.05, 4.69) is 59.1 Å². The lowest BCUT2D eigenvalue weighted by Crippen LogP contribution is -2.19. The van der Waals surface area contributed by atoms with Crippen LogP contribution in [0.25, 0.3) is 11.8 Å². The summed E-state index contributed by atoms with van der Waals surface area (Å²) in [5, 5.41) is 3.43. The van der Waals surface area contributed by atoms with E-state index in [1.54, 1.807) is 0 Å². The minimum absolute atomic E-state index is 0.149. The SMILES string of the molecule is CCOc1ccc(N=C2NC(=O)/C(=C\c3cc(C)n(-c4ccc(OCc5ccccc5)cc4)c3C)S2)cc1. The van der Waals surface area contributed by atoms with Crippen LogP contribution in [0.3, 0.4) is 0 Å². The van der Waals surface area contributed by atoms with Gasteiger partial charge in [-0.15, -0.1) is 0 Å². The third kappa shape index (κ3) is 5.84. The zero-order valence-electron chi connectivity index (χ0n) is 21.6. The molecule has 0 spiro atoms. The number of thioether (sulfide) groups is 1. The molecule has 6 nitrogen and oxygen atoms in total. The van der Waals surface area contributed by atoms with E-state index in [-0.39, 0.29) is 5.91 Å². The van der Waals surface area contributed by atoms with E-state index < -0.39 is 0 Å². The molecule has 7 heteroatoms. The van der Waals surface area contributed by atoms with Gasteiger partial charge in [0.2, 0.25) is 0 Å². The average molecular weight is 524 g/mol. The summed E-state index contributed by atoms with van der Waals surface area (Å²) in [5.41, 5.74) is 6.06. The molecule has 1 aliphatic rings. The number of aryl methyl sites for hydroxylation is 1. The summed E-state index contributed by atoms with van der Waals surface area (Å²) in [6, 6.07) is 27.8. The fraction of sp³-hybridized carbons (Fsp3) is 0.161. The van der Waals surface area contributed by atoms with E-state index >= 15 is 0 Å². The minimum Gasteiger partial charge on any atom is -0.494 e. The van der Waals surface area contributed by atoms with Gasteiger partial charge in [0.05, 0.1) is 17.2 Å². The molecule has 1 fully saturated rings. The number of aromatic nitrogens is 1. The Bertz CT molecular complexity index is 1490. The molecule has 4 aromatic rings. The summed E-state index contributed by atoms with van der Waals surface area (Å²) in [6.07, 6.45) is 1.93. The maximum Gasteiger partial charge on any atom is 0.264 e. The Morgan fingerprint density at radius 3 is 2.32 bits per heavy atom. The van der Waals surface area contributed by atoms with Crippen molar-refractivity contribution in [2.75, 3.05) is 6.61 Å². The van der Waals surface area contributed by atoms with Crippen molar-refractivity contribution >= 4 is 34.6 Å². The van der Waals surface area contributed by atoms with E-state index in [9.17, 15) is 4.79 Å². The number of nitrogens with zero attached hydrogens (tertiary/aromatic N) is 2. The Labute approximate surface area is 227 Å². The van der Waals surface area contributed by atoms with Crippen molar-refractivity contribution in [2.24, 2.45) is 4.99 Å². The van der Waals surface area contributed by atoms with Crippen LogP contribution >= 0.6 is 11.8 Å². The van der Waals surface area contributed by atoms with E-state index in [0.717, 1.165) is 45.4 Å². The second-order valence-corrected chi connectivity index (χ2v) is 9.87. The Morgan fingerprint density at radius 1 is 0.921 bits per heavy atom. The predicted molar refractivity (Wildman–Crippen MR) is 154 cm³/mol. The number of carbonyl (C=O) groups excluding carboxylic acids is 1. The first kappa shape index (κ1) is 25.4. The van der Waals surface area contributed by atoms with Crippen LogP contribution in [-0.2, 0) is 11.4 Å². The number of amides is 1. The van der Waals surface area contributed by atoms with Gasteiger partial charge in [-0.3, -0.25) is 4.79 Å². The van der Waals surface area contributed by atoms with Crippen LogP contribution in [0.2, 0.25) is 0 Å². The molecule has 1 amide bonds. The molecule has 0 bridgehead atoms. The van der Waals surface area contributed by atoms with Crippen molar-refractivity contribution in [3.63, 3.8) is 0 Å². The van der Waals surface area contributed by atoms with E-state index in [1.165, 1.54) is 11.8 Å². The maximum atomic E-state index is 12.7. The number of rotatable bonds is 8. The highest BCUT2D eigenvalue weighted by Crippen LogP contribution is 2.31. The molecule has 2 heterocycles. The summed E-state index contributed by atoms with van der Waals surface area (Å²) in [4.78, 5) is 17.9. The molecule has 3 aromatic carbocycles. The van der Waals surface area contributed by atoms with Crippen molar-refractivity contribution < 1.29 is 14.3 Å². The van der Waals surface area contributed by atoms with Crippen molar-refractivity contribution in [3.8, 4) is 17.2 Å². The highest BCUT2D eigenvalue weighted by molar-refractivity contribution is 8.18. The van der Waals surface area contributed by atoms with Crippen LogP contribution < -0.4 is 14.8 Å². The van der Waals surface area contributed by atoms with E-state index in [1.807, 2.05) is 67.6 Å². The number of aliphatic imine (C=N–C) groups is 1. The number of nitrogens with one attached hydrogen (secondary N) is 1. The van der Waals surface area contributed by atoms with Gasteiger partial charge in [0.15, 0.2) is 5.17 Å². The first-order valence-corrected chi connectivity index (χ1v) is 13.3. The number of amidine groups is 1. The standard InChI is InChI=1S/C31H29N3O3S/c1-4-36-27-14-10-25(11-15-27)32-31-33-30(35)29(38-31)19-24-18-21(2)34(22(24)3)26-12-16-28(17-13-26)37-20-23-8-6-5-7-9-23/h5-19H,4,20H2,1-3H3,(H,32,33,35)/b29-19+. The number of hydrogen-bond donors (Lipinski definition) is 1. The highest BCUT2D eigenvalue weighted by atomic mass is 32.2. The molecular weight excluding hydrogens is 494 g/mol. The topological polar surface area (TPSA) is 64.8 Å². The van der Waals surface area contributed by atoms with Crippen LogP contribution in [0.5, 0.6) is 11.5 Å². The van der Waals surface area contributed by atoms with Crippen molar-refractivity contribution in [2.45, 2.75) is 27.4 Å². The predicted octanol–water partition coefficient (Wildman–Crippen LogP) is 6.96. The number of ether oxygens (including phenoxy) is 2. The minimum atomic E-state index is -0.149. The summed E-state index contributed by atoms with van der Waals surface area (Å²) in [5.74, 6) is 1.47. The van der Waals surface area contributed by atoms with Gasteiger partial charge in [0, 0.05) is 17.1 Å². The lowest BCUT2D eigenvalue weighted by molar-refractivity contribution is -0.115. The molecule has 0 radical (unpaired) electrons. The molecule has 0 aliphatic carbocycles. The van der Waals surface area contributed by atoms with Crippen LogP contribution in [0.15, 0.2) is 94.8 Å². The molecule has 1 saturated heterocycles. The van der Waals surface area contributed by atoms with Crippen LogP contribution in [-0.4, -0.2) is 22.2 Å². The van der Waals surface area contributed by atoms with Crippen LogP contribution in [0, 0.1) is 13.8 Å². The third-order valence-electron chi connectivity index (χ3n) is 6.13. The van der Waals surface area contributed by atoms with Gasteiger partial charge in [0.25, 0.3) is 5.91 Å². The number of carbonyl (C=O) groups is 1. The molecular formula is C31H29N3O3S. The molecule has 1 aliphatic heterocycles. The highest BCUT2D eigenvalue weighted by Gasteiger charge is 2.24. The Kier molecular flexibility index (Phi) is 7.65. The largest absolute Gasteiger partial charge is 0.494 e. The van der Waals surface area contributed by atoms with E-state index in [0.29, 0.717) is 23.3 Å². The van der Waals surface area contributed by atoms with Gasteiger partial charge in [-0.05, 0) is 104 Å². The molecule has 0 saturated carbocycles. The molecule has 192 valence electrons. The second kappa shape index (κ2) is 11.4. The third-order valence-corrected chi connectivity index (χ3v) is 7.04. The van der Waals surface area contributed by atoms with E-state index in [4.69, 9.17) is 9.47 Å². The van der Waals surface area contributed by atoms with Crippen LogP contribution in [0.1, 0.15) is 29.4 Å². The van der Waals surface area contributed by atoms with Gasteiger partial charge in [-0.2, -0.15) is 0 Å². The van der Waals surface area contributed by atoms with Gasteiger partial charge in [-0.25, -0.2) is 4.99 Å². The molecule has 5 rings (SSSR count). The monoisotopic (exact) mass is 523 g/mol. The lowest BCUT2D eigenvalue weighted by Gasteiger charge is -2.11. The summed E-state index contributed by atoms with van der Waals surface area (Å²) < 4.78 is 13.6. The van der Waals surface area contributed by atoms with Gasteiger partial charge in [0.1, 0.15) is 18.1 Å². The van der Waals surface area contributed by atoms with Crippen LogP contribution in [0.4, 0.5) is 5.69 Å². The molecule has 0 atom stereocenters. The van der Waals surface area contributed by atoms with Gasteiger partial charge < -0.3 is 19.4 Å². The number of benzene rings is 3. The van der Waals surface area contributed by atoms with Crippen molar-refractivity contribution in [1.29, 1.82) is 0 Å². The van der Waals surface area contributed by atoms with Crippen molar-refractivity contribution in [3.05, 3.63) is 112 Å². The Morgan fingerprint density at radius 2 is 1.61 bits per heavy atom. The molecule has 1 aromatic heterocycles. The molecule has 38 heavy (non-hydrogen) atoms. The molecule has 1 N–H and O–H groups in total. The fourth-order valence-corrected chi connectivity index (χ4v) is 5.12. The second-order valence-electron chi connectivity index (χ2n) is 8.84. The lowest BCUT2D eigenvalue weighted by atomic mass is 10.2. The summed E-state index contributed by atoms with van der Waals surface area (Å²) >= 11 is 1.34.